The molecule has 1 amide bonds. The highest BCUT2D eigenvalue weighted by molar-refractivity contribution is 5.94. The summed E-state index contributed by atoms with van der Waals surface area (Å²) in [6.45, 7) is 3.05. The third-order valence-corrected chi connectivity index (χ3v) is 3.42. The second-order valence-corrected chi connectivity index (χ2v) is 5.21. The zero-order chi connectivity index (χ0) is 16.5. The van der Waals surface area contributed by atoms with E-state index in [0.717, 1.165) is 24.0 Å². The predicted molar refractivity (Wildman–Crippen MR) is 88.2 cm³/mol. The van der Waals surface area contributed by atoms with E-state index in [-0.39, 0.29) is 12.5 Å². The number of pyridine rings is 1. The predicted octanol–water partition coefficient (Wildman–Crippen LogP) is 2.68. The molecule has 2 aromatic rings. The van der Waals surface area contributed by atoms with E-state index in [1.807, 2.05) is 12.1 Å². The van der Waals surface area contributed by atoms with E-state index in [2.05, 4.69) is 17.2 Å². The summed E-state index contributed by atoms with van der Waals surface area (Å²) in [5, 5.41) is 11.9. The third kappa shape index (κ3) is 5.07. The van der Waals surface area contributed by atoms with Crippen molar-refractivity contribution in [2.24, 2.45) is 0 Å². The number of aliphatic hydroxyl groups excluding tert-OH is 1. The minimum absolute atomic E-state index is 0.0317. The van der Waals surface area contributed by atoms with Gasteiger partial charge in [-0.25, -0.2) is 4.98 Å². The summed E-state index contributed by atoms with van der Waals surface area (Å²) in [5.74, 6) is 0.398. The number of nitrogens with zero attached hydrogens (tertiary/aromatic N) is 1. The topological polar surface area (TPSA) is 71.5 Å². The fourth-order valence-corrected chi connectivity index (χ4v) is 2.04. The molecule has 0 spiro atoms. The van der Waals surface area contributed by atoms with Crippen molar-refractivity contribution in [2.75, 3.05) is 6.61 Å². The van der Waals surface area contributed by atoms with Crippen LogP contribution in [0.3, 0.4) is 0 Å². The van der Waals surface area contributed by atoms with Gasteiger partial charge in [-0.15, -0.1) is 0 Å². The molecule has 1 aromatic carbocycles. The van der Waals surface area contributed by atoms with Crippen LogP contribution in [0, 0.1) is 0 Å². The molecule has 5 heteroatoms. The normalized spacial score (nSPS) is 10.3. The van der Waals surface area contributed by atoms with E-state index in [1.54, 1.807) is 30.5 Å². The van der Waals surface area contributed by atoms with Crippen LogP contribution in [0.4, 0.5) is 0 Å². The zero-order valence-corrected chi connectivity index (χ0v) is 13.3. The van der Waals surface area contributed by atoms with Crippen LogP contribution in [0.1, 0.15) is 41.3 Å². The molecule has 5 nitrogen and oxygen atoms in total. The van der Waals surface area contributed by atoms with Gasteiger partial charge in [-0.2, -0.15) is 0 Å². The summed E-state index contributed by atoms with van der Waals surface area (Å²) < 4.78 is 5.66. The number of nitrogens with one attached hydrogen (secondary N) is 1. The molecule has 0 fully saturated rings. The Morgan fingerprint density at radius 3 is 2.74 bits per heavy atom. The number of unbranched alkanes of at least 4 members (excludes halogenated alkanes) is 1. The first kappa shape index (κ1) is 17.0. The Kier molecular flexibility index (Phi) is 6.56. The molecule has 0 saturated carbocycles. The van der Waals surface area contributed by atoms with Crippen molar-refractivity contribution in [1.82, 2.24) is 10.3 Å². The molecular weight excluding hydrogens is 292 g/mol. The number of aromatic nitrogens is 1. The number of amides is 1. The molecule has 2 N–H and O–H groups in total. The van der Waals surface area contributed by atoms with Gasteiger partial charge >= 0.3 is 0 Å². The number of carbonyl (C=O) groups excluding carboxylic acids is 1. The van der Waals surface area contributed by atoms with Gasteiger partial charge in [0, 0.05) is 23.9 Å². The molecule has 2 rings (SSSR count). The first-order valence-electron chi connectivity index (χ1n) is 7.79. The molecule has 1 heterocycles. The Bertz CT molecular complexity index is 626. The molecule has 122 valence electrons. The lowest BCUT2D eigenvalue weighted by Crippen LogP contribution is -2.23. The van der Waals surface area contributed by atoms with E-state index in [9.17, 15) is 4.79 Å². The maximum atomic E-state index is 12.2. The smallest absolute Gasteiger partial charge is 0.251 e. The number of carbonyl (C=O) groups is 1. The number of hydrogen-bond acceptors (Lipinski definition) is 4. The van der Waals surface area contributed by atoms with Crippen LogP contribution in [-0.4, -0.2) is 22.6 Å². The van der Waals surface area contributed by atoms with Gasteiger partial charge in [-0.05, 0) is 30.2 Å². The second kappa shape index (κ2) is 8.90. The number of ether oxygens (including phenoxy) is 1. The number of aliphatic hydroxyl groups is 1. The van der Waals surface area contributed by atoms with E-state index in [0.29, 0.717) is 24.6 Å². The summed E-state index contributed by atoms with van der Waals surface area (Å²) in [6.07, 6.45) is 3.71. The van der Waals surface area contributed by atoms with Crippen LogP contribution in [0.5, 0.6) is 5.88 Å². The standard InChI is InChI=1S/C18H22N2O3/c1-2-3-11-23-18-16(5-4-10-19-18)12-20-17(22)15-8-6-14(13-21)7-9-15/h4-10,21H,2-3,11-13H2,1H3,(H,20,22). The summed E-state index contributed by atoms with van der Waals surface area (Å²) in [6, 6.07) is 10.6. The molecule has 0 aliphatic heterocycles. The molecular formula is C18H22N2O3. The maximum Gasteiger partial charge on any atom is 0.251 e. The van der Waals surface area contributed by atoms with Crippen molar-refractivity contribution in [1.29, 1.82) is 0 Å². The van der Waals surface area contributed by atoms with Gasteiger partial charge in [-0.1, -0.05) is 31.5 Å². The maximum absolute atomic E-state index is 12.2. The van der Waals surface area contributed by atoms with Gasteiger partial charge < -0.3 is 15.2 Å². The zero-order valence-electron chi connectivity index (χ0n) is 13.3. The number of benzene rings is 1. The molecule has 0 saturated heterocycles. The van der Waals surface area contributed by atoms with Crippen LogP contribution in [0.2, 0.25) is 0 Å². The van der Waals surface area contributed by atoms with E-state index in [1.165, 1.54) is 0 Å². The summed E-state index contributed by atoms with van der Waals surface area (Å²) in [7, 11) is 0. The Hall–Kier alpha value is -2.40. The fourth-order valence-electron chi connectivity index (χ4n) is 2.04. The monoisotopic (exact) mass is 314 g/mol. The van der Waals surface area contributed by atoms with Gasteiger partial charge in [0.05, 0.1) is 13.2 Å². The molecule has 0 bridgehead atoms. The molecule has 0 unspecified atom stereocenters. The quantitative estimate of drug-likeness (QED) is 0.735. The van der Waals surface area contributed by atoms with Gasteiger partial charge in [0.1, 0.15) is 0 Å². The molecule has 0 aliphatic carbocycles. The Morgan fingerprint density at radius 2 is 2.04 bits per heavy atom. The van der Waals surface area contributed by atoms with Gasteiger partial charge in [0.15, 0.2) is 0 Å². The number of hydrogen-bond donors (Lipinski definition) is 2. The Labute approximate surface area is 136 Å². The lowest BCUT2D eigenvalue weighted by atomic mass is 10.1. The Morgan fingerprint density at radius 1 is 1.26 bits per heavy atom. The van der Waals surface area contributed by atoms with Gasteiger partial charge in [0.2, 0.25) is 5.88 Å². The first-order valence-corrected chi connectivity index (χ1v) is 7.79. The molecule has 0 aliphatic rings. The van der Waals surface area contributed by atoms with Crippen molar-refractivity contribution >= 4 is 5.91 Å². The van der Waals surface area contributed by atoms with Crippen molar-refractivity contribution < 1.29 is 14.6 Å². The van der Waals surface area contributed by atoms with Crippen LogP contribution in [0.25, 0.3) is 0 Å². The van der Waals surface area contributed by atoms with Gasteiger partial charge in [0.25, 0.3) is 5.91 Å². The third-order valence-electron chi connectivity index (χ3n) is 3.42. The highest BCUT2D eigenvalue weighted by atomic mass is 16.5. The van der Waals surface area contributed by atoms with Crippen LogP contribution in [0.15, 0.2) is 42.6 Å². The summed E-state index contributed by atoms with van der Waals surface area (Å²) in [4.78, 5) is 16.4. The van der Waals surface area contributed by atoms with Crippen LogP contribution < -0.4 is 10.1 Å². The first-order chi connectivity index (χ1) is 11.2. The van der Waals surface area contributed by atoms with E-state index in [4.69, 9.17) is 9.84 Å². The molecule has 23 heavy (non-hydrogen) atoms. The lowest BCUT2D eigenvalue weighted by Gasteiger charge is -2.11. The minimum atomic E-state index is -0.169. The largest absolute Gasteiger partial charge is 0.477 e. The van der Waals surface area contributed by atoms with Crippen molar-refractivity contribution in [3.05, 3.63) is 59.3 Å². The number of rotatable bonds is 8. The lowest BCUT2D eigenvalue weighted by molar-refractivity contribution is 0.0950. The summed E-state index contributed by atoms with van der Waals surface area (Å²) >= 11 is 0. The van der Waals surface area contributed by atoms with Crippen molar-refractivity contribution in [2.45, 2.75) is 32.9 Å². The van der Waals surface area contributed by atoms with Crippen LogP contribution >= 0.6 is 0 Å². The molecule has 0 radical (unpaired) electrons. The minimum Gasteiger partial charge on any atom is -0.477 e. The van der Waals surface area contributed by atoms with E-state index < -0.39 is 0 Å². The fraction of sp³-hybridized carbons (Fsp3) is 0.333. The molecule has 1 aromatic heterocycles. The highest BCUT2D eigenvalue weighted by Gasteiger charge is 2.09. The Balaban J connectivity index is 1.95. The summed E-state index contributed by atoms with van der Waals surface area (Å²) in [5.41, 5.74) is 2.18. The van der Waals surface area contributed by atoms with Crippen molar-refractivity contribution in [3.8, 4) is 5.88 Å². The van der Waals surface area contributed by atoms with E-state index >= 15 is 0 Å². The van der Waals surface area contributed by atoms with Gasteiger partial charge in [-0.3, -0.25) is 4.79 Å². The molecule has 0 atom stereocenters. The second-order valence-electron chi connectivity index (χ2n) is 5.21. The highest BCUT2D eigenvalue weighted by Crippen LogP contribution is 2.15. The van der Waals surface area contributed by atoms with Crippen molar-refractivity contribution in [3.63, 3.8) is 0 Å². The van der Waals surface area contributed by atoms with Crippen LogP contribution in [-0.2, 0) is 13.2 Å². The SMILES string of the molecule is CCCCOc1ncccc1CNC(=O)c1ccc(CO)cc1. The average Bonchev–Trinajstić information content (AvgIpc) is 2.61. The average molecular weight is 314 g/mol.